The van der Waals surface area contributed by atoms with Crippen molar-refractivity contribution in [1.29, 1.82) is 0 Å². The summed E-state index contributed by atoms with van der Waals surface area (Å²) in [6.45, 7) is 5.08. The number of carbonyl (C=O) groups is 2. The minimum Gasteiger partial charge on any atom is -0.490 e. The number of amides is 2. The minimum atomic E-state index is -0.480. The van der Waals surface area contributed by atoms with Crippen molar-refractivity contribution in [3.63, 3.8) is 0 Å². The average Bonchev–Trinajstić information content (AvgIpc) is 3.13. The van der Waals surface area contributed by atoms with Crippen molar-refractivity contribution < 1.29 is 19.1 Å². The maximum Gasteiger partial charge on any atom is 0.245 e. The van der Waals surface area contributed by atoms with Gasteiger partial charge in [-0.3, -0.25) is 9.59 Å². The van der Waals surface area contributed by atoms with E-state index >= 15 is 0 Å². The first-order valence-corrected chi connectivity index (χ1v) is 11.1. The lowest BCUT2D eigenvalue weighted by molar-refractivity contribution is -0.126. The van der Waals surface area contributed by atoms with E-state index in [9.17, 15) is 9.59 Å². The number of nitrogens with zero attached hydrogens (tertiary/aromatic N) is 2. The van der Waals surface area contributed by atoms with Crippen molar-refractivity contribution in [2.75, 3.05) is 24.7 Å². The van der Waals surface area contributed by atoms with Crippen LogP contribution in [0.4, 0.5) is 5.69 Å². The highest BCUT2D eigenvalue weighted by Crippen LogP contribution is 2.36. The Labute approximate surface area is 194 Å². The summed E-state index contributed by atoms with van der Waals surface area (Å²) in [5.41, 5.74) is 3.97. The molecule has 164 valence electrons. The van der Waals surface area contributed by atoms with Crippen molar-refractivity contribution in [2.24, 2.45) is 11.0 Å². The Morgan fingerprint density at radius 3 is 2.65 bits per heavy atom. The van der Waals surface area contributed by atoms with Crippen molar-refractivity contribution in [2.45, 2.75) is 20.3 Å². The van der Waals surface area contributed by atoms with Crippen LogP contribution in [-0.4, -0.2) is 37.8 Å². The summed E-state index contributed by atoms with van der Waals surface area (Å²) in [4.78, 5) is 26.4. The molecule has 2 aromatic carbocycles. The van der Waals surface area contributed by atoms with E-state index in [2.05, 4.69) is 26.5 Å². The van der Waals surface area contributed by atoms with Crippen LogP contribution in [0.5, 0.6) is 11.5 Å². The number of nitrogens with one attached hydrogen (secondary N) is 1. The van der Waals surface area contributed by atoms with E-state index in [0.29, 0.717) is 36.3 Å². The largest absolute Gasteiger partial charge is 0.490 e. The first kappa shape index (κ1) is 23.1. The Kier molecular flexibility index (Phi) is 7.92. The molecule has 1 aliphatic heterocycles. The second-order valence-corrected chi connectivity index (χ2v) is 8.10. The molecule has 0 aromatic heterocycles. The first-order chi connectivity index (χ1) is 14.9. The van der Waals surface area contributed by atoms with Crippen LogP contribution < -0.4 is 19.8 Å². The summed E-state index contributed by atoms with van der Waals surface area (Å²) in [6.07, 6.45) is 1.65. The minimum absolute atomic E-state index is 0.108. The molecule has 7 nitrogen and oxygen atoms in total. The fraction of sp³-hybridized carbons (Fsp3) is 0.318. The third-order valence-corrected chi connectivity index (χ3v) is 5.48. The molecule has 2 aromatic rings. The number of carbonyl (C=O) groups excluding carboxylic acids is 2. The number of hydrazone groups is 1. The number of hydrogen-bond donors (Lipinski definition) is 1. The molecule has 1 heterocycles. The standard InChI is InChI=1S/C22H23BrClN3O4/c1-3-30-19-10-14(9-18(23)21(19)31-4-2)12-25-26-22(29)15-11-20(28)27(13-15)17-7-5-16(24)6-8-17/h5-10,12,15H,3-4,11,13H2,1-2H3,(H,26,29)/b25-12-/t15-/m0/s1. The summed E-state index contributed by atoms with van der Waals surface area (Å²) in [5, 5.41) is 4.64. The van der Waals surface area contributed by atoms with Crippen LogP contribution in [0.1, 0.15) is 25.8 Å². The predicted octanol–water partition coefficient (Wildman–Crippen LogP) is 4.40. The summed E-state index contributed by atoms with van der Waals surface area (Å²) in [5.74, 6) is 0.314. The Hall–Kier alpha value is -2.58. The van der Waals surface area contributed by atoms with Gasteiger partial charge in [0.1, 0.15) is 0 Å². The number of benzene rings is 2. The van der Waals surface area contributed by atoms with Crippen LogP contribution in [0.25, 0.3) is 0 Å². The SMILES string of the molecule is CCOc1cc(/C=N\NC(=O)[C@H]2CC(=O)N(c3ccc(Cl)cc3)C2)cc(Br)c1OCC. The molecule has 3 rings (SSSR count). The van der Waals surface area contributed by atoms with Gasteiger partial charge in [0.2, 0.25) is 11.8 Å². The van der Waals surface area contributed by atoms with Gasteiger partial charge >= 0.3 is 0 Å². The number of rotatable bonds is 8. The average molecular weight is 509 g/mol. The van der Waals surface area contributed by atoms with Crippen molar-refractivity contribution in [3.8, 4) is 11.5 Å². The zero-order chi connectivity index (χ0) is 22.4. The van der Waals surface area contributed by atoms with Crippen LogP contribution in [-0.2, 0) is 9.59 Å². The topological polar surface area (TPSA) is 80.2 Å². The van der Waals surface area contributed by atoms with E-state index in [0.717, 1.165) is 15.7 Å². The maximum absolute atomic E-state index is 12.5. The highest BCUT2D eigenvalue weighted by atomic mass is 79.9. The molecule has 0 bridgehead atoms. The van der Waals surface area contributed by atoms with Crippen LogP contribution in [0, 0.1) is 5.92 Å². The fourth-order valence-corrected chi connectivity index (χ4v) is 3.93. The van der Waals surface area contributed by atoms with Gasteiger partial charge in [-0.15, -0.1) is 0 Å². The zero-order valence-corrected chi connectivity index (χ0v) is 19.6. The van der Waals surface area contributed by atoms with E-state index < -0.39 is 5.92 Å². The highest BCUT2D eigenvalue weighted by Gasteiger charge is 2.35. The number of halogens is 2. The zero-order valence-electron chi connectivity index (χ0n) is 17.2. The second-order valence-electron chi connectivity index (χ2n) is 6.81. The van der Waals surface area contributed by atoms with Gasteiger partial charge < -0.3 is 14.4 Å². The summed E-state index contributed by atoms with van der Waals surface area (Å²) < 4.78 is 12.0. The Bertz CT molecular complexity index is 981. The molecule has 1 N–H and O–H groups in total. The smallest absolute Gasteiger partial charge is 0.245 e. The fourth-order valence-electron chi connectivity index (χ4n) is 3.23. The normalized spacial score (nSPS) is 16.1. The Morgan fingerprint density at radius 2 is 1.97 bits per heavy atom. The quantitative estimate of drug-likeness (QED) is 0.423. The van der Waals surface area contributed by atoms with Gasteiger partial charge in [0, 0.05) is 23.7 Å². The second kappa shape index (κ2) is 10.6. The molecule has 9 heteroatoms. The van der Waals surface area contributed by atoms with E-state index in [-0.39, 0.29) is 18.2 Å². The molecule has 1 atom stereocenters. The van der Waals surface area contributed by atoms with Gasteiger partial charge in [0.15, 0.2) is 11.5 Å². The monoisotopic (exact) mass is 507 g/mol. The molecule has 0 unspecified atom stereocenters. The summed E-state index contributed by atoms with van der Waals surface area (Å²) >= 11 is 9.38. The lowest BCUT2D eigenvalue weighted by Crippen LogP contribution is -2.30. The molecule has 0 radical (unpaired) electrons. The molecule has 31 heavy (non-hydrogen) atoms. The molecule has 1 aliphatic rings. The molecule has 0 saturated carbocycles. The van der Waals surface area contributed by atoms with E-state index in [1.54, 1.807) is 35.2 Å². The lowest BCUT2D eigenvalue weighted by Gasteiger charge is -2.16. The van der Waals surface area contributed by atoms with Crippen LogP contribution in [0.15, 0.2) is 46.0 Å². The molecule has 1 fully saturated rings. The molecule has 0 spiro atoms. The molecule has 2 amide bonds. The van der Waals surface area contributed by atoms with Crippen LogP contribution in [0.2, 0.25) is 5.02 Å². The Balaban J connectivity index is 1.64. The van der Waals surface area contributed by atoms with Gasteiger partial charge in [-0.05, 0) is 71.7 Å². The first-order valence-electron chi connectivity index (χ1n) is 9.90. The van der Waals surface area contributed by atoms with Gasteiger partial charge in [-0.25, -0.2) is 5.43 Å². The predicted molar refractivity (Wildman–Crippen MR) is 124 cm³/mol. The van der Waals surface area contributed by atoms with Gasteiger partial charge in [-0.1, -0.05) is 11.6 Å². The lowest BCUT2D eigenvalue weighted by atomic mass is 10.1. The summed E-state index contributed by atoms with van der Waals surface area (Å²) in [6, 6.07) is 10.6. The number of hydrogen-bond acceptors (Lipinski definition) is 5. The number of anilines is 1. The van der Waals surface area contributed by atoms with E-state index in [4.69, 9.17) is 21.1 Å². The third kappa shape index (κ3) is 5.77. The molecular weight excluding hydrogens is 486 g/mol. The van der Waals surface area contributed by atoms with Crippen molar-refractivity contribution in [3.05, 3.63) is 51.5 Å². The van der Waals surface area contributed by atoms with Crippen LogP contribution in [0.3, 0.4) is 0 Å². The van der Waals surface area contributed by atoms with Gasteiger partial charge in [0.05, 0.1) is 29.8 Å². The summed E-state index contributed by atoms with van der Waals surface area (Å²) in [7, 11) is 0. The van der Waals surface area contributed by atoms with Gasteiger partial charge in [0.25, 0.3) is 0 Å². The van der Waals surface area contributed by atoms with E-state index in [1.807, 2.05) is 19.9 Å². The molecular formula is C22H23BrClN3O4. The molecule has 0 aliphatic carbocycles. The van der Waals surface area contributed by atoms with Crippen molar-refractivity contribution >= 4 is 51.2 Å². The number of ether oxygens (including phenoxy) is 2. The molecule has 1 saturated heterocycles. The van der Waals surface area contributed by atoms with Gasteiger partial charge in [-0.2, -0.15) is 5.10 Å². The third-order valence-electron chi connectivity index (χ3n) is 4.64. The highest BCUT2D eigenvalue weighted by molar-refractivity contribution is 9.10. The van der Waals surface area contributed by atoms with Crippen LogP contribution >= 0.6 is 27.5 Å². The maximum atomic E-state index is 12.5. The van der Waals surface area contributed by atoms with Crippen molar-refractivity contribution in [1.82, 2.24) is 5.43 Å². The van der Waals surface area contributed by atoms with E-state index in [1.165, 1.54) is 6.21 Å². The Morgan fingerprint density at radius 1 is 1.26 bits per heavy atom.